The zero-order chi connectivity index (χ0) is 13.9. The highest BCUT2D eigenvalue weighted by atomic mass is 16.5. The highest BCUT2D eigenvalue weighted by Crippen LogP contribution is 2.10. The number of hydrogen-bond donors (Lipinski definition) is 2. The number of nitrogens with one attached hydrogen (secondary N) is 2. The van der Waals surface area contributed by atoms with E-state index >= 15 is 0 Å². The Morgan fingerprint density at radius 2 is 2.16 bits per heavy atom. The second-order valence-corrected chi connectivity index (χ2v) is 5.11. The van der Waals surface area contributed by atoms with Crippen LogP contribution in [0.1, 0.15) is 32.6 Å². The Labute approximate surface area is 117 Å². The van der Waals surface area contributed by atoms with E-state index in [1.807, 2.05) is 0 Å². The van der Waals surface area contributed by atoms with E-state index < -0.39 is 0 Å². The smallest absolute Gasteiger partial charge is 0.221 e. The summed E-state index contributed by atoms with van der Waals surface area (Å²) in [4.78, 5) is 14.0. The van der Waals surface area contributed by atoms with Crippen LogP contribution in [0.4, 0.5) is 0 Å². The third-order valence-electron chi connectivity index (χ3n) is 3.68. The van der Waals surface area contributed by atoms with E-state index in [-0.39, 0.29) is 5.91 Å². The summed E-state index contributed by atoms with van der Waals surface area (Å²) in [6, 6.07) is 0.573. The van der Waals surface area contributed by atoms with E-state index in [0.717, 1.165) is 13.1 Å². The molecule has 1 aliphatic rings. The van der Waals surface area contributed by atoms with Crippen molar-refractivity contribution in [2.45, 2.75) is 38.6 Å². The summed E-state index contributed by atoms with van der Waals surface area (Å²) in [5, 5.41) is 6.35. The normalized spacial score (nSPS) is 21.1. The largest absolute Gasteiger partial charge is 0.383 e. The van der Waals surface area contributed by atoms with Crippen LogP contribution in [0.25, 0.3) is 0 Å². The van der Waals surface area contributed by atoms with Gasteiger partial charge in [0.25, 0.3) is 0 Å². The number of carbonyl (C=O) groups excluding carboxylic acids is 1. The van der Waals surface area contributed by atoms with Crippen LogP contribution in [0.3, 0.4) is 0 Å². The lowest BCUT2D eigenvalue weighted by Crippen LogP contribution is -2.35. The molecule has 5 heteroatoms. The average molecular weight is 271 g/mol. The van der Waals surface area contributed by atoms with Gasteiger partial charge in [-0.2, -0.15) is 0 Å². The number of likely N-dealkylation sites (tertiary alicyclic amines) is 1. The molecule has 0 bridgehead atoms. The standard InChI is InChI=1S/C14H29N3O2/c1-3-17-10-4-5-13(7-11-17)15-8-6-14(18)16-9-12-19-2/h13,15H,3-12H2,1-2H3,(H,16,18). The van der Waals surface area contributed by atoms with Crippen LogP contribution in [0.5, 0.6) is 0 Å². The number of carbonyl (C=O) groups is 1. The molecule has 0 saturated carbocycles. The number of hydrogen-bond acceptors (Lipinski definition) is 4. The quantitative estimate of drug-likeness (QED) is 0.635. The molecule has 0 radical (unpaired) electrons. The van der Waals surface area contributed by atoms with Gasteiger partial charge in [0.05, 0.1) is 6.61 Å². The number of amides is 1. The molecule has 2 N–H and O–H groups in total. The van der Waals surface area contributed by atoms with Crippen LogP contribution < -0.4 is 10.6 Å². The summed E-state index contributed by atoms with van der Waals surface area (Å²) in [5.74, 6) is 0.105. The second kappa shape index (κ2) is 10.2. The summed E-state index contributed by atoms with van der Waals surface area (Å²) in [6.45, 7) is 7.71. The molecule has 0 aromatic carbocycles. The SMILES string of the molecule is CCN1CCCC(NCCC(=O)NCCOC)CC1. The first-order valence-corrected chi connectivity index (χ1v) is 7.47. The third kappa shape index (κ3) is 7.50. The molecule has 1 unspecified atom stereocenters. The van der Waals surface area contributed by atoms with E-state index in [1.54, 1.807) is 7.11 Å². The van der Waals surface area contributed by atoms with E-state index in [1.165, 1.54) is 32.4 Å². The van der Waals surface area contributed by atoms with Crippen molar-refractivity contribution in [3.05, 3.63) is 0 Å². The van der Waals surface area contributed by atoms with E-state index in [2.05, 4.69) is 22.5 Å². The molecule has 1 fully saturated rings. The first-order valence-electron chi connectivity index (χ1n) is 7.47. The Kier molecular flexibility index (Phi) is 8.79. The number of nitrogens with zero attached hydrogens (tertiary/aromatic N) is 1. The van der Waals surface area contributed by atoms with E-state index in [0.29, 0.717) is 25.6 Å². The van der Waals surface area contributed by atoms with Crippen molar-refractivity contribution in [3.8, 4) is 0 Å². The van der Waals surface area contributed by atoms with Gasteiger partial charge in [-0.15, -0.1) is 0 Å². The van der Waals surface area contributed by atoms with Gasteiger partial charge >= 0.3 is 0 Å². The Morgan fingerprint density at radius 1 is 1.32 bits per heavy atom. The molecule has 0 aliphatic carbocycles. The molecule has 19 heavy (non-hydrogen) atoms. The highest BCUT2D eigenvalue weighted by molar-refractivity contribution is 5.76. The van der Waals surface area contributed by atoms with E-state index in [4.69, 9.17) is 4.74 Å². The maximum Gasteiger partial charge on any atom is 0.221 e. The molecule has 1 saturated heterocycles. The van der Waals surface area contributed by atoms with Crippen molar-refractivity contribution >= 4 is 5.91 Å². The molecule has 0 spiro atoms. The number of ether oxygens (including phenoxy) is 1. The summed E-state index contributed by atoms with van der Waals surface area (Å²) in [6.07, 6.45) is 4.23. The van der Waals surface area contributed by atoms with Gasteiger partial charge in [-0.25, -0.2) is 0 Å². The van der Waals surface area contributed by atoms with Crippen LogP contribution in [-0.4, -0.2) is 63.3 Å². The molecule has 1 heterocycles. The molecule has 1 rings (SSSR count). The Balaban J connectivity index is 2.06. The Morgan fingerprint density at radius 3 is 2.89 bits per heavy atom. The van der Waals surface area contributed by atoms with Crippen molar-refractivity contribution in [2.75, 3.05) is 46.4 Å². The molecule has 0 aromatic rings. The molecule has 112 valence electrons. The summed E-state index contributed by atoms with van der Waals surface area (Å²) in [5.41, 5.74) is 0. The fourth-order valence-electron chi connectivity index (χ4n) is 2.45. The zero-order valence-electron chi connectivity index (χ0n) is 12.4. The van der Waals surface area contributed by atoms with Gasteiger partial charge in [-0.05, 0) is 38.9 Å². The fourth-order valence-corrected chi connectivity index (χ4v) is 2.45. The molecule has 0 aromatic heterocycles. The van der Waals surface area contributed by atoms with Crippen molar-refractivity contribution in [1.82, 2.24) is 15.5 Å². The lowest BCUT2D eigenvalue weighted by atomic mass is 10.1. The number of methoxy groups -OCH3 is 1. The minimum atomic E-state index is 0.105. The first-order chi connectivity index (χ1) is 9.26. The number of rotatable bonds is 8. The highest BCUT2D eigenvalue weighted by Gasteiger charge is 2.15. The van der Waals surface area contributed by atoms with Crippen LogP contribution in [-0.2, 0) is 9.53 Å². The van der Waals surface area contributed by atoms with Gasteiger partial charge < -0.3 is 20.3 Å². The van der Waals surface area contributed by atoms with Gasteiger partial charge in [-0.3, -0.25) is 4.79 Å². The van der Waals surface area contributed by atoms with Crippen LogP contribution in [0.2, 0.25) is 0 Å². The molecule has 5 nitrogen and oxygen atoms in total. The van der Waals surface area contributed by atoms with E-state index in [9.17, 15) is 4.79 Å². The average Bonchev–Trinajstić information content (AvgIpc) is 2.64. The molecule has 1 aliphatic heterocycles. The third-order valence-corrected chi connectivity index (χ3v) is 3.68. The maximum absolute atomic E-state index is 11.5. The summed E-state index contributed by atoms with van der Waals surface area (Å²) < 4.78 is 4.89. The molecular formula is C14H29N3O2. The minimum Gasteiger partial charge on any atom is -0.383 e. The Hall–Kier alpha value is -0.650. The van der Waals surface area contributed by atoms with Crippen LogP contribution in [0, 0.1) is 0 Å². The fraction of sp³-hybridized carbons (Fsp3) is 0.929. The minimum absolute atomic E-state index is 0.105. The summed E-state index contributed by atoms with van der Waals surface area (Å²) >= 11 is 0. The predicted octanol–water partition coefficient (Wildman–Crippen LogP) is 0.603. The lowest BCUT2D eigenvalue weighted by Gasteiger charge is -2.18. The van der Waals surface area contributed by atoms with Crippen molar-refractivity contribution in [3.63, 3.8) is 0 Å². The van der Waals surface area contributed by atoms with Gasteiger partial charge in [-0.1, -0.05) is 6.92 Å². The van der Waals surface area contributed by atoms with Gasteiger partial charge in [0.1, 0.15) is 0 Å². The second-order valence-electron chi connectivity index (χ2n) is 5.11. The van der Waals surface area contributed by atoms with Crippen LogP contribution in [0.15, 0.2) is 0 Å². The molecule has 1 amide bonds. The Bertz CT molecular complexity index is 249. The van der Waals surface area contributed by atoms with Crippen LogP contribution >= 0.6 is 0 Å². The first kappa shape index (κ1) is 16.4. The van der Waals surface area contributed by atoms with Crippen molar-refractivity contribution in [1.29, 1.82) is 0 Å². The maximum atomic E-state index is 11.5. The van der Waals surface area contributed by atoms with Gasteiger partial charge in [0.15, 0.2) is 0 Å². The summed E-state index contributed by atoms with van der Waals surface area (Å²) in [7, 11) is 1.64. The van der Waals surface area contributed by atoms with Gasteiger partial charge in [0, 0.05) is 32.7 Å². The topological polar surface area (TPSA) is 53.6 Å². The van der Waals surface area contributed by atoms with Crippen molar-refractivity contribution < 1.29 is 9.53 Å². The predicted molar refractivity (Wildman–Crippen MR) is 77.3 cm³/mol. The van der Waals surface area contributed by atoms with Crippen molar-refractivity contribution in [2.24, 2.45) is 0 Å². The molecule has 1 atom stereocenters. The monoisotopic (exact) mass is 271 g/mol. The van der Waals surface area contributed by atoms with Gasteiger partial charge in [0.2, 0.25) is 5.91 Å². The zero-order valence-corrected chi connectivity index (χ0v) is 12.4. The molecular weight excluding hydrogens is 242 g/mol. The lowest BCUT2D eigenvalue weighted by molar-refractivity contribution is -0.121.